The van der Waals surface area contributed by atoms with Crippen molar-refractivity contribution in [3.63, 3.8) is 0 Å². The Bertz CT molecular complexity index is 478. The Morgan fingerprint density at radius 3 is 2.58 bits per heavy atom. The fraction of sp³-hybridized carbons (Fsp3) is 0.571. The monoisotopic (exact) mass is 283 g/mol. The molecule has 0 unspecified atom stereocenters. The van der Waals surface area contributed by atoms with Gasteiger partial charge in [0.1, 0.15) is 16.9 Å². The molecule has 0 spiro atoms. The summed E-state index contributed by atoms with van der Waals surface area (Å²) in [6.07, 6.45) is 3.41. The molecule has 2 rings (SSSR count). The van der Waals surface area contributed by atoms with Crippen molar-refractivity contribution in [3.05, 3.63) is 22.8 Å². The number of carbonyl (C=O) groups excluding carboxylic acids is 1. The van der Waals surface area contributed by atoms with Crippen LogP contribution >= 0.6 is 11.6 Å². The number of ether oxygens (including phenoxy) is 2. The molecule has 0 bridgehead atoms. The van der Waals surface area contributed by atoms with E-state index in [1.807, 2.05) is 20.8 Å². The average Bonchev–Trinajstić information content (AvgIpc) is 2.20. The van der Waals surface area contributed by atoms with E-state index in [1.54, 1.807) is 6.07 Å². The number of carbonyl (C=O) groups is 1. The highest BCUT2D eigenvalue weighted by Gasteiger charge is 2.22. The fourth-order valence-electron chi connectivity index (χ4n) is 1.65. The van der Waals surface area contributed by atoms with Crippen molar-refractivity contribution in [3.8, 4) is 5.88 Å². The first-order chi connectivity index (χ1) is 8.83. The van der Waals surface area contributed by atoms with Gasteiger partial charge >= 0.3 is 5.97 Å². The van der Waals surface area contributed by atoms with E-state index in [0.29, 0.717) is 11.4 Å². The lowest BCUT2D eigenvalue weighted by Crippen LogP contribution is -2.26. The van der Waals surface area contributed by atoms with Gasteiger partial charge in [-0.05, 0) is 46.1 Å². The van der Waals surface area contributed by atoms with Gasteiger partial charge in [0.25, 0.3) is 0 Å². The number of aromatic nitrogens is 1. The van der Waals surface area contributed by atoms with Gasteiger partial charge in [0, 0.05) is 6.07 Å². The molecule has 1 aromatic heterocycles. The lowest BCUT2D eigenvalue weighted by Gasteiger charge is -2.26. The van der Waals surface area contributed by atoms with E-state index in [4.69, 9.17) is 21.1 Å². The molecule has 1 heterocycles. The molecule has 104 valence electrons. The third kappa shape index (κ3) is 4.10. The Morgan fingerprint density at radius 2 is 2.05 bits per heavy atom. The first-order valence-electron chi connectivity index (χ1n) is 6.41. The summed E-state index contributed by atoms with van der Waals surface area (Å²) < 4.78 is 10.9. The second kappa shape index (κ2) is 5.37. The summed E-state index contributed by atoms with van der Waals surface area (Å²) in [5.74, 6) is -0.0340. The van der Waals surface area contributed by atoms with Gasteiger partial charge in [-0.2, -0.15) is 0 Å². The predicted octanol–water partition coefficient (Wildman–Crippen LogP) is 3.62. The van der Waals surface area contributed by atoms with Crippen LogP contribution in [0.5, 0.6) is 5.88 Å². The number of hydrogen-bond donors (Lipinski definition) is 0. The summed E-state index contributed by atoms with van der Waals surface area (Å²) in [7, 11) is 0. The van der Waals surface area contributed by atoms with E-state index in [0.717, 1.165) is 12.8 Å². The molecule has 19 heavy (non-hydrogen) atoms. The van der Waals surface area contributed by atoms with Crippen molar-refractivity contribution in [1.29, 1.82) is 0 Å². The summed E-state index contributed by atoms with van der Waals surface area (Å²) in [4.78, 5) is 16.0. The van der Waals surface area contributed by atoms with Crippen molar-refractivity contribution in [2.75, 3.05) is 0 Å². The second-order valence-corrected chi connectivity index (χ2v) is 6.08. The predicted molar refractivity (Wildman–Crippen MR) is 72.7 cm³/mol. The molecule has 0 N–H and O–H groups in total. The Balaban J connectivity index is 2.13. The molecule has 0 amide bonds. The maximum atomic E-state index is 12.0. The molecule has 0 radical (unpaired) electrons. The van der Waals surface area contributed by atoms with Crippen LogP contribution in [0.2, 0.25) is 5.15 Å². The molecule has 1 aliphatic rings. The van der Waals surface area contributed by atoms with Crippen LogP contribution in [0.4, 0.5) is 0 Å². The van der Waals surface area contributed by atoms with Crippen LogP contribution in [0, 0.1) is 0 Å². The van der Waals surface area contributed by atoms with Crippen molar-refractivity contribution < 1.29 is 14.3 Å². The number of halogens is 1. The van der Waals surface area contributed by atoms with Crippen LogP contribution in [0.15, 0.2) is 12.1 Å². The van der Waals surface area contributed by atoms with Gasteiger partial charge in [0.15, 0.2) is 0 Å². The maximum absolute atomic E-state index is 12.0. The summed E-state index contributed by atoms with van der Waals surface area (Å²) >= 11 is 5.91. The van der Waals surface area contributed by atoms with E-state index >= 15 is 0 Å². The third-order valence-electron chi connectivity index (χ3n) is 2.74. The minimum absolute atomic E-state index is 0.192. The summed E-state index contributed by atoms with van der Waals surface area (Å²) in [5.41, 5.74) is -0.175. The molecular weight excluding hydrogens is 266 g/mol. The molecule has 0 atom stereocenters. The van der Waals surface area contributed by atoms with E-state index < -0.39 is 11.6 Å². The van der Waals surface area contributed by atoms with Crippen molar-refractivity contribution >= 4 is 17.6 Å². The van der Waals surface area contributed by atoms with Crippen LogP contribution in [0.25, 0.3) is 0 Å². The minimum atomic E-state index is -0.540. The Labute approximate surface area is 118 Å². The molecule has 1 aliphatic carbocycles. The second-order valence-electron chi connectivity index (χ2n) is 5.69. The summed E-state index contributed by atoms with van der Waals surface area (Å²) in [6.45, 7) is 5.46. The van der Waals surface area contributed by atoms with E-state index in [-0.39, 0.29) is 11.3 Å². The van der Waals surface area contributed by atoms with Gasteiger partial charge in [-0.1, -0.05) is 11.6 Å². The Morgan fingerprint density at radius 1 is 1.37 bits per heavy atom. The zero-order valence-electron chi connectivity index (χ0n) is 11.4. The SMILES string of the molecule is CC(C)(C)OC(=O)c1cc(Cl)nc(OC2CCC2)c1. The van der Waals surface area contributed by atoms with Gasteiger partial charge in [-0.3, -0.25) is 0 Å². The number of pyridine rings is 1. The van der Waals surface area contributed by atoms with Crippen LogP contribution < -0.4 is 4.74 Å². The lowest BCUT2D eigenvalue weighted by molar-refractivity contribution is 0.00682. The van der Waals surface area contributed by atoms with Crippen molar-refractivity contribution in [1.82, 2.24) is 4.98 Å². The largest absolute Gasteiger partial charge is 0.474 e. The Kier molecular flexibility index (Phi) is 3.99. The number of nitrogens with zero attached hydrogens (tertiary/aromatic N) is 1. The van der Waals surface area contributed by atoms with Crippen LogP contribution in [0.1, 0.15) is 50.4 Å². The number of rotatable bonds is 3. The average molecular weight is 284 g/mol. The van der Waals surface area contributed by atoms with Gasteiger partial charge in [0.2, 0.25) is 5.88 Å². The molecule has 4 nitrogen and oxygen atoms in total. The highest BCUT2D eigenvalue weighted by molar-refractivity contribution is 6.29. The highest BCUT2D eigenvalue weighted by atomic mass is 35.5. The lowest BCUT2D eigenvalue weighted by atomic mass is 9.96. The topological polar surface area (TPSA) is 48.4 Å². The number of esters is 1. The number of hydrogen-bond acceptors (Lipinski definition) is 4. The van der Waals surface area contributed by atoms with E-state index in [2.05, 4.69) is 4.98 Å². The van der Waals surface area contributed by atoms with Gasteiger partial charge in [-0.15, -0.1) is 0 Å². The molecule has 5 heteroatoms. The Hall–Kier alpha value is -1.29. The van der Waals surface area contributed by atoms with E-state index in [9.17, 15) is 4.79 Å². The molecule has 0 aromatic carbocycles. The van der Waals surface area contributed by atoms with Gasteiger partial charge in [0.05, 0.1) is 5.56 Å². The zero-order chi connectivity index (χ0) is 14.0. The molecule has 1 saturated carbocycles. The standard InChI is InChI=1S/C14H18ClNO3/c1-14(2,3)19-13(17)9-7-11(15)16-12(8-9)18-10-5-4-6-10/h7-8,10H,4-6H2,1-3H3. The van der Waals surface area contributed by atoms with Crippen molar-refractivity contribution in [2.24, 2.45) is 0 Å². The molecular formula is C14H18ClNO3. The van der Waals surface area contributed by atoms with Crippen molar-refractivity contribution in [2.45, 2.75) is 51.7 Å². The zero-order valence-corrected chi connectivity index (χ0v) is 12.2. The quantitative estimate of drug-likeness (QED) is 0.628. The summed E-state index contributed by atoms with van der Waals surface area (Å²) in [5, 5.41) is 0.234. The first kappa shape index (κ1) is 14.1. The smallest absolute Gasteiger partial charge is 0.338 e. The molecule has 1 fully saturated rings. The molecule has 0 saturated heterocycles. The third-order valence-corrected chi connectivity index (χ3v) is 2.94. The van der Waals surface area contributed by atoms with Crippen LogP contribution in [-0.4, -0.2) is 22.7 Å². The minimum Gasteiger partial charge on any atom is -0.474 e. The van der Waals surface area contributed by atoms with Gasteiger partial charge in [-0.25, -0.2) is 9.78 Å². The first-order valence-corrected chi connectivity index (χ1v) is 6.79. The van der Waals surface area contributed by atoms with Gasteiger partial charge < -0.3 is 9.47 Å². The van der Waals surface area contributed by atoms with Crippen LogP contribution in [0.3, 0.4) is 0 Å². The normalized spacial score (nSPS) is 15.8. The highest BCUT2D eigenvalue weighted by Crippen LogP contribution is 2.26. The fourth-order valence-corrected chi connectivity index (χ4v) is 1.85. The molecule has 1 aromatic rings. The molecule has 0 aliphatic heterocycles. The maximum Gasteiger partial charge on any atom is 0.338 e. The van der Waals surface area contributed by atoms with E-state index in [1.165, 1.54) is 12.5 Å². The summed E-state index contributed by atoms with van der Waals surface area (Å²) in [6, 6.07) is 3.07. The van der Waals surface area contributed by atoms with Crippen LogP contribution in [-0.2, 0) is 4.74 Å².